The molecule has 2 aliphatic heterocycles. The summed E-state index contributed by atoms with van der Waals surface area (Å²) < 4.78 is 33.1. The van der Waals surface area contributed by atoms with Crippen molar-refractivity contribution in [1.29, 1.82) is 0 Å². The summed E-state index contributed by atoms with van der Waals surface area (Å²) in [5.41, 5.74) is 4.85. The van der Waals surface area contributed by atoms with E-state index in [-0.39, 0.29) is 24.4 Å². The van der Waals surface area contributed by atoms with Gasteiger partial charge in [-0.3, -0.25) is 0 Å². The summed E-state index contributed by atoms with van der Waals surface area (Å²) in [6.07, 6.45) is 12.4. The molecule has 4 rings (SSSR count). The second kappa shape index (κ2) is 14.9. The SMILES string of the molecule is CC/C=C(\C=C/COC1CO1)C(c1ccc(OC)cc1)C(/C(C)=C/C=C(\CC)OC1CO1)c1ccc(OC)cc1. The van der Waals surface area contributed by atoms with Crippen LogP contribution in [0.2, 0.25) is 0 Å². The lowest BCUT2D eigenvalue weighted by Gasteiger charge is -2.31. The van der Waals surface area contributed by atoms with E-state index in [2.05, 4.69) is 75.4 Å². The first-order valence-corrected chi connectivity index (χ1v) is 14.1. The third kappa shape index (κ3) is 8.59. The number of hydrogen-bond acceptors (Lipinski definition) is 6. The fraction of sp³-hybridized carbons (Fsp3) is 0.412. The maximum atomic E-state index is 5.94. The van der Waals surface area contributed by atoms with Crippen LogP contribution in [0.25, 0.3) is 0 Å². The molecule has 0 N–H and O–H groups in total. The van der Waals surface area contributed by atoms with Crippen molar-refractivity contribution in [3.8, 4) is 11.5 Å². The van der Waals surface area contributed by atoms with E-state index in [1.165, 1.54) is 22.3 Å². The van der Waals surface area contributed by atoms with Gasteiger partial charge in [0.15, 0.2) is 6.29 Å². The van der Waals surface area contributed by atoms with Crippen LogP contribution in [0, 0.1) is 0 Å². The number of methoxy groups -OCH3 is 2. The highest BCUT2D eigenvalue weighted by Gasteiger charge is 2.29. The third-order valence-corrected chi connectivity index (χ3v) is 7.03. The van der Waals surface area contributed by atoms with Crippen molar-refractivity contribution in [3.63, 3.8) is 0 Å². The highest BCUT2D eigenvalue weighted by atomic mass is 16.8. The molecule has 4 unspecified atom stereocenters. The Morgan fingerprint density at radius 1 is 0.850 bits per heavy atom. The summed E-state index contributed by atoms with van der Waals surface area (Å²) in [4.78, 5) is 0. The second-order valence-corrected chi connectivity index (χ2v) is 9.89. The summed E-state index contributed by atoms with van der Waals surface area (Å²) in [6, 6.07) is 16.8. The fourth-order valence-electron chi connectivity index (χ4n) is 4.78. The van der Waals surface area contributed by atoms with Crippen LogP contribution in [0.15, 0.2) is 95.8 Å². The first-order valence-electron chi connectivity index (χ1n) is 14.1. The highest BCUT2D eigenvalue weighted by molar-refractivity contribution is 5.47. The summed E-state index contributed by atoms with van der Waals surface area (Å²) in [6.45, 7) is 8.30. The topological polar surface area (TPSA) is 62.0 Å². The molecule has 2 aliphatic rings. The van der Waals surface area contributed by atoms with Gasteiger partial charge in [-0.2, -0.15) is 0 Å². The van der Waals surface area contributed by atoms with E-state index in [0.717, 1.165) is 30.1 Å². The van der Waals surface area contributed by atoms with Crippen molar-refractivity contribution >= 4 is 0 Å². The van der Waals surface area contributed by atoms with E-state index < -0.39 is 0 Å². The van der Waals surface area contributed by atoms with E-state index in [0.29, 0.717) is 19.8 Å². The molecule has 6 nitrogen and oxygen atoms in total. The third-order valence-electron chi connectivity index (χ3n) is 7.03. The Bertz CT molecular complexity index is 1180. The van der Waals surface area contributed by atoms with Crippen LogP contribution in [0.3, 0.4) is 0 Å². The Balaban J connectivity index is 1.79. The molecule has 2 aromatic carbocycles. The minimum Gasteiger partial charge on any atom is -0.497 e. The smallest absolute Gasteiger partial charge is 0.223 e. The Morgan fingerprint density at radius 2 is 1.43 bits per heavy atom. The number of ether oxygens (including phenoxy) is 6. The molecule has 2 fully saturated rings. The summed E-state index contributed by atoms with van der Waals surface area (Å²) >= 11 is 0. The lowest BCUT2D eigenvalue weighted by atomic mass is 9.73. The molecule has 2 saturated heterocycles. The van der Waals surface area contributed by atoms with E-state index in [1.807, 2.05) is 24.3 Å². The lowest BCUT2D eigenvalue weighted by molar-refractivity contribution is 0.0695. The molecular formula is C34H42O6. The minimum absolute atomic E-state index is 0.0371. The van der Waals surface area contributed by atoms with Crippen molar-refractivity contribution in [1.82, 2.24) is 0 Å². The number of rotatable bonds is 16. The standard InChI is InChI=1S/C34H42O6/c1-6-9-25(10-8-21-37-31-22-38-31)34(27-14-19-30(36-5)20-15-27)33(26-12-17-29(35-4)18-13-26)24(3)11-16-28(7-2)40-32-23-39-32/h8-20,31-34H,6-7,21-23H2,1-5H3/b10-8-,24-11+,25-9+,28-16+. The molecule has 2 aromatic rings. The Morgan fingerprint density at radius 3 is 1.93 bits per heavy atom. The van der Waals surface area contributed by atoms with Gasteiger partial charge in [0, 0.05) is 18.3 Å². The highest BCUT2D eigenvalue weighted by Crippen LogP contribution is 2.44. The quantitative estimate of drug-likeness (QED) is 0.124. The summed E-state index contributed by atoms with van der Waals surface area (Å²) in [5.74, 6) is 2.66. The van der Waals surface area contributed by atoms with E-state index in [9.17, 15) is 0 Å². The largest absolute Gasteiger partial charge is 0.497 e. The van der Waals surface area contributed by atoms with E-state index in [4.69, 9.17) is 28.4 Å². The first-order chi connectivity index (χ1) is 19.6. The molecule has 0 aliphatic carbocycles. The summed E-state index contributed by atoms with van der Waals surface area (Å²) in [7, 11) is 3.39. The molecule has 0 spiro atoms. The van der Waals surface area contributed by atoms with Crippen LogP contribution in [0.1, 0.15) is 56.6 Å². The molecule has 6 heteroatoms. The first kappa shape index (κ1) is 29.7. The van der Waals surface area contributed by atoms with E-state index in [1.54, 1.807) is 14.2 Å². The van der Waals surface area contributed by atoms with Crippen molar-refractivity contribution < 1.29 is 28.4 Å². The fourth-order valence-corrected chi connectivity index (χ4v) is 4.78. The molecular weight excluding hydrogens is 504 g/mol. The zero-order valence-electron chi connectivity index (χ0n) is 24.3. The molecule has 0 aromatic heterocycles. The summed E-state index contributed by atoms with van der Waals surface area (Å²) in [5, 5.41) is 0. The van der Waals surface area contributed by atoms with Gasteiger partial charge in [0.05, 0.1) is 26.6 Å². The van der Waals surface area contributed by atoms with Crippen molar-refractivity contribution in [2.75, 3.05) is 34.0 Å². The Kier molecular flexibility index (Phi) is 11.0. The van der Waals surface area contributed by atoms with Gasteiger partial charge in [0.1, 0.15) is 24.7 Å². The Labute approximate surface area is 238 Å². The number of allylic oxidation sites excluding steroid dienone is 7. The average molecular weight is 547 g/mol. The molecule has 2 heterocycles. The van der Waals surface area contributed by atoms with E-state index >= 15 is 0 Å². The molecule has 0 bridgehead atoms. The van der Waals surface area contributed by atoms with Crippen LogP contribution in [0.5, 0.6) is 11.5 Å². The zero-order valence-corrected chi connectivity index (χ0v) is 24.3. The molecule has 0 amide bonds. The lowest BCUT2D eigenvalue weighted by Crippen LogP contribution is -2.15. The molecule has 0 saturated carbocycles. The van der Waals surface area contributed by atoms with Crippen molar-refractivity contribution in [3.05, 3.63) is 107 Å². The van der Waals surface area contributed by atoms with Crippen LogP contribution >= 0.6 is 0 Å². The van der Waals surface area contributed by atoms with Crippen LogP contribution in [-0.2, 0) is 18.9 Å². The monoisotopic (exact) mass is 546 g/mol. The number of hydrogen-bond donors (Lipinski definition) is 0. The predicted molar refractivity (Wildman–Crippen MR) is 158 cm³/mol. The maximum Gasteiger partial charge on any atom is 0.223 e. The van der Waals surface area contributed by atoms with Gasteiger partial charge < -0.3 is 28.4 Å². The number of benzene rings is 2. The zero-order chi connectivity index (χ0) is 28.3. The molecule has 0 radical (unpaired) electrons. The molecule has 214 valence electrons. The predicted octanol–water partition coefficient (Wildman–Crippen LogP) is 7.45. The van der Waals surface area contributed by atoms with Gasteiger partial charge in [0.2, 0.25) is 6.29 Å². The maximum absolute atomic E-state index is 5.94. The minimum atomic E-state index is -0.114. The van der Waals surface area contributed by atoms with Crippen LogP contribution < -0.4 is 9.47 Å². The Hall–Kier alpha value is -3.32. The van der Waals surface area contributed by atoms with Gasteiger partial charge in [-0.15, -0.1) is 0 Å². The second-order valence-electron chi connectivity index (χ2n) is 9.89. The van der Waals surface area contributed by atoms with Crippen molar-refractivity contribution in [2.24, 2.45) is 0 Å². The van der Waals surface area contributed by atoms with Gasteiger partial charge in [0.25, 0.3) is 0 Å². The van der Waals surface area contributed by atoms with Crippen LogP contribution in [0.4, 0.5) is 0 Å². The van der Waals surface area contributed by atoms with Gasteiger partial charge >= 0.3 is 0 Å². The van der Waals surface area contributed by atoms with Gasteiger partial charge in [-0.25, -0.2) is 0 Å². The average Bonchev–Trinajstić information content (AvgIpc) is 3.92. The van der Waals surface area contributed by atoms with Gasteiger partial charge in [-0.05, 0) is 60.4 Å². The number of epoxide rings is 2. The van der Waals surface area contributed by atoms with Crippen molar-refractivity contribution in [2.45, 2.75) is 58.0 Å². The van der Waals surface area contributed by atoms with Crippen LogP contribution in [-0.4, -0.2) is 46.6 Å². The van der Waals surface area contributed by atoms with Gasteiger partial charge in [-0.1, -0.05) is 68.0 Å². The molecule has 4 atom stereocenters. The normalized spacial score (nSPS) is 20.8. The molecule has 40 heavy (non-hydrogen) atoms.